The van der Waals surface area contributed by atoms with Crippen LogP contribution in [0.4, 0.5) is 0 Å². The Morgan fingerprint density at radius 1 is 0.556 bits per heavy atom. The standard InChI is InChI=1S/C24H14OS2/c1-3-7-21-17(5-1)20-13-15(10-12-22(20)25-21)26-16-9-11-19-18-6-2-4-8-23(18)27-24(19)14-16/h1-14H. The van der Waals surface area contributed by atoms with E-state index in [1.54, 1.807) is 11.8 Å². The summed E-state index contributed by atoms with van der Waals surface area (Å²) in [6.45, 7) is 0. The molecule has 0 unspecified atom stereocenters. The van der Waals surface area contributed by atoms with Gasteiger partial charge in [-0.1, -0.05) is 54.2 Å². The molecule has 0 amide bonds. The van der Waals surface area contributed by atoms with Gasteiger partial charge in [0, 0.05) is 40.7 Å². The van der Waals surface area contributed by atoms with E-state index in [1.165, 1.54) is 40.7 Å². The molecule has 2 heterocycles. The molecule has 1 nitrogen and oxygen atoms in total. The lowest BCUT2D eigenvalue weighted by molar-refractivity contribution is 0.668. The quantitative estimate of drug-likeness (QED) is 0.300. The molecule has 2 aromatic heterocycles. The molecule has 0 aliphatic carbocycles. The van der Waals surface area contributed by atoms with Crippen molar-refractivity contribution in [2.24, 2.45) is 0 Å². The smallest absolute Gasteiger partial charge is 0.135 e. The van der Waals surface area contributed by atoms with Gasteiger partial charge in [-0.2, -0.15) is 0 Å². The van der Waals surface area contributed by atoms with Crippen LogP contribution in [0.3, 0.4) is 0 Å². The fraction of sp³-hybridized carbons (Fsp3) is 0. The second-order valence-electron chi connectivity index (χ2n) is 6.61. The summed E-state index contributed by atoms with van der Waals surface area (Å²) < 4.78 is 8.63. The number of fused-ring (bicyclic) bond motifs is 6. The van der Waals surface area contributed by atoms with Crippen LogP contribution in [0, 0.1) is 0 Å². The molecule has 0 radical (unpaired) electrons. The minimum atomic E-state index is 0.945. The van der Waals surface area contributed by atoms with Crippen LogP contribution in [0.5, 0.6) is 0 Å². The van der Waals surface area contributed by atoms with Gasteiger partial charge in [0.25, 0.3) is 0 Å². The van der Waals surface area contributed by atoms with Crippen molar-refractivity contribution in [3.05, 3.63) is 84.9 Å². The molecule has 27 heavy (non-hydrogen) atoms. The molecule has 0 bridgehead atoms. The maximum atomic E-state index is 5.94. The van der Waals surface area contributed by atoms with Crippen LogP contribution < -0.4 is 0 Å². The summed E-state index contributed by atoms with van der Waals surface area (Å²) in [6, 6.07) is 30.1. The zero-order valence-corrected chi connectivity index (χ0v) is 15.9. The molecule has 0 saturated carbocycles. The van der Waals surface area contributed by atoms with E-state index >= 15 is 0 Å². The van der Waals surface area contributed by atoms with E-state index < -0.39 is 0 Å². The van der Waals surface area contributed by atoms with Gasteiger partial charge in [0.15, 0.2) is 0 Å². The van der Waals surface area contributed by atoms with Crippen molar-refractivity contribution in [3.63, 3.8) is 0 Å². The number of benzene rings is 4. The van der Waals surface area contributed by atoms with Gasteiger partial charge in [0.05, 0.1) is 0 Å². The van der Waals surface area contributed by atoms with E-state index in [2.05, 4.69) is 72.8 Å². The molecular weight excluding hydrogens is 368 g/mol. The monoisotopic (exact) mass is 382 g/mol. The Hall–Kier alpha value is -2.75. The number of hydrogen-bond donors (Lipinski definition) is 0. The van der Waals surface area contributed by atoms with Gasteiger partial charge in [0.1, 0.15) is 11.2 Å². The Morgan fingerprint density at radius 3 is 2.22 bits per heavy atom. The van der Waals surface area contributed by atoms with Crippen molar-refractivity contribution in [3.8, 4) is 0 Å². The highest BCUT2D eigenvalue weighted by Crippen LogP contribution is 2.39. The van der Waals surface area contributed by atoms with Crippen LogP contribution in [0.25, 0.3) is 42.1 Å². The van der Waals surface area contributed by atoms with Crippen molar-refractivity contribution in [1.82, 2.24) is 0 Å². The third kappa shape index (κ3) is 2.47. The molecule has 128 valence electrons. The van der Waals surface area contributed by atoms with Gasteiger partial charge in [-0.15, -0.1) is 11.3 Å². The first kappa shape index (κ1) is 15.3. The normalized spacial score (nSPS) is 11.9. The second-order valence-corrected chi connectivity index (χ2v) is 8.85. The molecule has 0 atom stereocenters. The third-order valence-corrected chi connectivity index (χ3v) is 7.05. The maximum Gasteiger partial charge on any atom is 0.135 e. The molecule has 0 spiro atoms. The minimum absolute atomic E-state index is 0.945. The highest BCUT2D eigenvalue weighted by atomic mass is 32.2. The molecule has 4 aromatic carbocycles. The van der Waals surface area contributed by atoms with Crippen LogP contribution in [-0.4, -0.2) is 0 Å². The second kappa shape index (κ2) is 5.88. The van der Waals surface area contributed by atoms with Crippen molar-refractivity contribution in [2.75, 3.05) is 0 Å². The van der Waals surface area contributed by atoms with Gasteiger partial charge < -0.3 is 4.42 Å². The number of hydrogen-bond acceptors (Lipinski definition) is 3. The maximum absolute atomic E-state index is 5.94. The first-order valence-corrected chi connectivity index (χ1v) is 10.5. The number of furan rings is 1. The first-order valence-electron chi connectivity index (χ1n) is 8.86. The molecular formula is C24H14OS2. The Kier molecular flexibility index (Phi) is 3.34. The first-order chi connectivity index (χ1) is 13.3. The van der Waals surface area contributed by atoms with Crippen molar-refractivity contribution < 1.29 is 4.42 Å². The number of thiophene rings is 1. The predicted molar refractivity (Wildman–Crippen MR) is 117 cm³/mol. The van der Waals surface area contributed by atoms with Gasteiger partial charge in [-0.05, 0) is 42.5 Å². The Bertz CT molecular complexity index is 1460. The lowest BCUT2D eigenvalue weighted by Crippen LogP contribution is -1.75. The molecule has 0 aliphatic rings. The fourth-order valence-electron chi connectivity index (χ4n) is 3.67. The lowest BCUT2D eigenvalue weighted by Gasteiger charge is -2.02. The molecule has 0 saturated heterocycles. The highest BCUT2D eigenvalue weighted by Gasteiger charge is 2.09. The van der Waals surface area contributed by atoms with Gasteiger partial charge >= 0.3 is 0 Å². The zero-order valence-electron chi connectivity index (χ0n) is 14.3. The summed E-state index contributed by atoms with van der Waals surface area (Å²) in [5, 5.41) is 5.05. The molecule has 0 fully saturated rings. The molecule has 6 aromatic rings. The Balaban J connectivity index is 1.44. The number of para-hydroxylation sites is 1. The predicted octanol–water partition coefficient (Wildman–Crippen LogP) is 8.11. The fourth-order valence-corrected chi connectivity index (χ4v) is 5.79. The van der Waals surface area contributed by atoms with Crippen LogP contribution in [0.2, 0.25) is 0 Å². The Labute approximate surface area is 164 Å². The van der Waals surface area contributed by atoms with Crippen LogP contribution in [0.1, 0.15) is 0 Å². The largest absolute Gasteiger partial charge is 0.456 e. The van der Waals surface area contributed by atoms with E-state index in [9.17, 15) is 0 Å². The lowest BCUT2D eigenvalue weighted by atomic mass is 10.1. The third-order valence-electron chi connectivity index (χ3n) is 4.93. The van der Waals surface area contributed by atoms with Gasteiger partial charge in [0.2, 0.25) is 0 Å². The van der Waals surface area contributed by atoms with E-state index in [0.29, 0.717) is 0 Å². The topological polar surface area (TPSA) is 13.1 Å². The van der Waals surface area contributed by atoms with E-state index in [-0.39, 0.29) is 0 Å². The molecule has 6 rings (SSSR count). The SMILES string of the molecule is c1ccc2c(c1)oc1ccc(Sc3ccc4c(c3)sc3ccccc34)cc12. The van der Waals surface area contributed by atoms with Crippen molar-refractivity contribution >= 4 is 65.2 Å². The summed E-state index contributed by atoms with van der Waals surface area (Å²) in [6.07, 6.45) is 0. The molecule has 0 N–H and O–H groups in total. The average Bonchev–Trinajstić information content (AvgIpc) is 3.25. The summed E-state index contributed by atoms with van der Waals surface area (Å²) in [5.74, 6) is 0. The summed E-state index contributed by atoms with van der Waals surface area (Å²) in [5.41, 5.74) is 1.89. The van der Waals surface area contributed by atoms with E-state index in [1.807, 2.05) is 23.5 Å². The van der Waals surface area contributed by atoms with E-state index in [4.69, 9.17) is 4.42 Å². The van der Waals surface area contributed by atoms with Crippen molar-refractivity contribution in [2.45, 2.75) is 9.79 Å². The Morgan fingerprint density at radius 2 is 1.26 bits per heavy atom. The average molecular weight is 383 g/mol. The highest BCUT2D eigenvalue weighted by molar-refractivity contribution is 7.99. The van der Waals surface area contributed by atoms with Gasteiger partial charge in [-0.25, -0.2) is 0 Å². The number of rotatable bonds is 2. The minimum Gasteiger partial charge on any atom is -0.456 e. The zero-order chi connectivity index (χ0) is 17.8. The summed E-state index contributed by atoms with van der Waals surface area (Å²) in [7, 11) is 0. The summed E-state index contributed by atoms with van der Waals surface area (Å²) >= 11 is 3.67. The molecule has 3 heteroatoms. The molecule has 0 aliphatic heterocycles. The summed E-state index contributed by atoms with van der Waals surface area (Å²) in [4.78, 5) is 2.50. The van der Waals surface area contributed by atoms with Crippen molar-refractivity contribution in [1.29, 1.82) is 0 Å². The van der Waals surface area contributed by atoms with Crippen LogP contribution in [-0.2, 0) is 0 Å². The van der Waals surface area contributed by atoms with Crippen LogP contribution >= 0.6 is 23.1 Å². The van der Waals surface area contributed by atoms with Crippen LogP contribution in [0.15, 0.2) is 99.1 Å². The van der Waals surface area contributed by atoms with Gasteiger partial charge in [-0.3, -0.25) is 0 Å². The van der Waals surface area contributed by atoms with E-state index in [0.717, 1.165) is 11.2 Å².